The van der Waals surface area contributed by atoms with Gasteiger partial charge in [0.05, 0.1) is 10.6 Å². The molecule has 0 spiro atoms. The van der Waals surface area contributed by atoms with Crippen molar-refractivity contribution in [1.29, 1.82) is 0 Å². The lowest BCUT2D eigenvalue weighted by Crippen LogP contribution is -2.14. The molecule has 2 rings (SSSR count). The zero-order chi connectivity index (χ0) is 15.8. The van der Waals surface area contributed by atoms with E-state index >= 15 is 0 Å². The normalized spacial score (nSPS) is 11.5. The number of hydrogen-bond donors (Lipinski definition) is 0. The summed E-state index contributed by atoms with van der Waals surface area (Å²) in [6.45, 7) is 0. The molecule has 0 radical (unpaired) electrons. The molecule has 0 aliphatic heterocycles. The highest BCUT2D eigenvalue weighted by Gasteiger charge is 2.35. The van der Waals surface area contributed by atoms with E-state index in [0.717, 1.165) is 12.1 Å². The second kappa shape index (κ2) is 5.99. The third kappa shape index (κ3) is 3.59. The SMILES string of the molecule is O=C(c1ccc(Cl)cc1Cl)c1ccc(Br)cc1C(F)(F)F. The standard InChI is InChI=1S/C14H6BrCl2F3O/c15-7-1-3-9(11(5-7)14(18,19)20)13(21)10-4-2-8(16)6-12(10)17/h1-6H. The number of hydrogen-bond acceptors (Lipinski definition) is 1. The van der Waals surface area contributed by atoms with Crippen LogP contribution in [0.3, 0.4) is 0 Å². The van der Waals surface area contributed by atoms with Crippen LogP contribution in [0.4, 0.5) is 13.2 Å². The average Bonchev–Trinajstić information content (AvgIpc) is 2.37. The zero-order valence-electron chi connectivity index (χ0n) is 10.1. The number of ketones is 1. The molecule has 0 fully saturated rings. The zero-order valence-corrected chi connectivity index (χ0v) is 13.2. The smallest absolute Gasteiger partial charge is 0.289 e. The van der Waals surface area contributed by atoms with Crippen molar-refractivity contribution >= 4 is 44.9 Å². The first-order valence-corrected chi connectivity index (χ1v) is 7.11. The van der Waals surface area contributed by atoms with Crippen LogP contribution < -0.4 is 0 Å². The van der Waals surface area contributed by atoms with E-state index in [-0.39, 0.29) is 15.1 Å². The van der Waals surface area contributed by atoms with E-state index in [9.17, 15) is 18.0 Å². The average molecular weight is 398 g/mol. The summed E-state index contributed by atoms with van der Waals surface area (Å²) in [5, 5.41) is 0.298. The molecule has 1 nitrogen and oxygen atoms in total. The predicted octanol–water partition coefficient (Wildman–Crippen LogP) is 6.01. The van der Waals surface area contributed by atoms with Crippen molar-refractivity contribution in [3.8, 4) is 0 Å². The molecular weight excluding hydrogens is 392 g/mol. The van der Waals surface area contributed by atoms with Crippen molar-refractivity contribution < 1.29 is 18.0 Å². The fraction of sp³-hybridized carbons (Fsp3) is 0.0714. The van der Waals surface area contributed by atoms with Crippen molar-refractivity contribution in [1.82, 2.24) is 0 Å². The number of carbonyl (C=O) groups is 1. The first kappa shape index (κ1) is 16.3. The predicted molar refractivity (Wildman–Crippen MR) is 79.0 cm³/mol. The first-order valence-electron chi connectivity index (χ1n) is 5.56. The third-order valence-corrected chi connectivity index (χ3v) is 3.75. The van der Waals surface area contributed by atoms with Gasteiger partial charge in [0.1, 0.15) is 0 Å². The molecule has 0 bridgehead atoms. The summed E-state index contributed by atoms with van der Waals surface area (Å²) in [5.74, 6) is -0.809. The molecule has 0 unspecified atom stereocenters. The van der Waals surface area contributed by atoms with Crippen molar-refractivity contribution in [3.63, 3.8) is 0 Å². The van der Waals surface area contributed by atoms with Gasteiger partial charge in [-0.1, -0.05) is 39.1 Å². The minimum absolute atomic E-state index is 0.00328. The minimum Gasteiger partial charge on any atom is -0.289 e. The van der Waals surface area contributed by atoms with Gasteiger partial charge in [0.2, 0.25) is 0 Å². The van der Waals surface area contributed by atoms with Crippen molar-refractivity contribution in [2.45, 2.75) is 6.18 Å². The van der Waals surface area contributed by atoms with Crippen LogP contribution in [0.5, 0.6) is 0 Å². The molecule has 0 saturated carbocycles. The highest BCUT2D eigenvalue weighted by atomic mass is 79.9. The number of alkyl halides is 3. The van der Waals surface area contributed by atoms with Gasteiger partial charge >= 0.3 is 6.18 Å². The topological polar surface area (TPSA) is 17.1 Å². The summed E-state index contributed by atoms with van der Waals surface area (Å²) in [5.41, 5.74) is -1.52. The van der Waals surface area contributed by atoms with Gasteiger partial charge in [-0.05, 0) is 36.4 Å². The van der Waals surface area contributed by atoms with E-state index in [4.69, 9.17) is 23.2 Å². The monoisotopic (exact) mass is 396 g/mol. The van der Waals surface area contributed by atoms with Gasteiger partial charge in [-0.15, -0.1) is 0 Å². The molecule has 0 N–H and O–H groups in total. The van der Waals surface area contributed by atoms with Crippen LogP contribution in [0.25, 0.3) is 0 Å². The van der Waals surface area contributed by atoms with E-state index in [1.165, 1.54) is 24.3 Å². The molecule has 2 aromatic carbocycles. The van der Waals surface area contributed by atoms with E-state index < -0.39 is 23.1 Å². The Morgan fingerprint density at radius 1 is 1.00 bits per heavy atom. The maximum Gasteiger partial charge on any atom is 0.417 e. The Labute approximate surface area is 136 Å². The molecule has 2 aromatic rings. The van der Waals surface area contributed by atoms with Crippen molar-refractivity contribution in [2.24, 2.45) is 0 Å². The molecule has 0 aromatic heterocycles. The van der Waals surface area contributed by atoms with Crippen LogP contribution in [-0.4, -0.2) is 5.78 Å². The number of benzene rings is 2. The Morgan fingerprint density at radius 2 is 1.62 bits per heavy atom. The fourth-order valence-corrected chi connectivity index (χ4v) is 2.62. The molecule has 0 atom stereocenters. The Kier molecular flexibility index (Phi) is 4.66. The van der Waals surface area contributed by atoms with Gasteiger partial charge in [-0.2, -0.15) is 13.2 Å². The highest BCUT2D eigenvalue weighted by Crippen LogP contribution is 2.35. The van der Waals surface area contributed by atoms with E-state index in [0.29, 0.717) is 5.02 Å². The molecule has 0 aliphatic rings. The summed E-state index contributed by atoms with van der Waals surface area (Å²) in [4.78, 5) is 12.3. The van der Waals surface area contributed by atoms with Crippen LogP contribution in [0.2, 0.25) is 10.0 Å². The fourth-order valence-electron chi connectivity index (χ4n) is 1.77. The summed E-state index contributed by atoms with van der Waals surface area (Å²) in [7, 11) is 0. The molecule has 110 valence electrons. The first-order chi connectivity index (χ1) is 9.70. The number of rotatable bonds is 2. The largest absolute Gasteiger partial charge is 0.417 e. The molecule has 0 amide bonds. The quantitative estimate of drug-likeness (QED) is 0.567. The van der Waals surface area contributed by atoms with Gasteiger partial charge < -0.3 is 0 Å². The summed E-state index contributed by atoms with van der Waals surface area (Å²) in [6.07, 6.45) is -4.65. The van der Waals surface area contributed by atoms with Gasteiger partial charge in [-0.3, -0.25) is 4.79 Å². The highest BCUT2D eigenvalue weighted by molar-refractivity contribution is 9.10. The Morgan fingerprint density at radius 3 is 2.19 bits per heavy atom. The lowest BCUT2D eigenvalue weighted by molar-refractivity contribution is -0.137. The van der Waals surface area contributed by atoms with Gasteiger partial charge in [0, 0.05) is 20.6 Å². The maximum atomic E-state index is 13.0. The van der Waals surface area contributed by atoms with Crippen LogP contribution in [0.15, 0.2) is 40.9 Å². The summed E-state index contributed by atoms with van der Waals surface area (Å²) < 4.78 is 39.4. The lowest BCUT2D eigenvalue weighted by atomic mass is 9.98. The Hall–Kier alpha value is -1.04. The van der Waals surface area contributed by atoms with Crippen LogP contribution >= 0.6 is 39.1 Å². The number of halogens is 6. The minimum atomic E-state index is -4.65. The molecule has 21 heavy (non-hydrogen) atoms. The van der Waals surface area contributed by atoms with Crippen molar-refractivity contribution in [2.75, 3.05) is 0 Å². The van der Waals surface area contributed by atoms with Gasteiger partial charge in [0.25, 0.3) is 0 Å². The van der Waals surface area contributed by atoms with Crippen LogP contribution in [-0.2, 0) is 6.18 Å². The lowest BCUT2D eigenvalue weighted by Gasteiger charge is -2.13. The molecule has 7 heteroatoms. The van der Waals surface area contributed by atoms with Crippen molar-refractivity contribution in [3.05, 3.63) is 67.6 Å². The Bertz CT molecular complexity index is 714. The second-order valence-electron chi connectivity index (χ2n) is 4.14. The van der Waals surface area contributed by atoms with E-state index in [2.05, 4.69) is 15.9 Å². The van der Waals surface area contributed by atoms with Crippen LogP contribution in [0.1, 0.15) is 21.5 Å². The molecule has 0 heterocycles. The molecule has 0 saturated heterocycles. The van der Waals surface area contributed by atoms with E-state index in [1.54, 1.807) is 0 Å². The Balaban J connectivity index is 2.59. The molecule has 0 aliphatic carbocycles. The molecular formula is C14H6BrCl2F3O. The van der Waals surface area contributed by atoms with Gasteiger partial charge in [-0.25, -0.2) is 0 Å². The van der Waals surface area contributed by atoms with Crippen LogP contribution in [0, 0.1) is 0 Å². The van der Waals surface area contributed by atoms with E-state index in [1.807, 2.05) is 0 Å². The van der Waals surface area contributed by atoms with Gasteiger partial charge in [0.15, 0.2) is 5.78 Å². The summed E-state index contributed by atoms with van der Waals surface area (Å²) >= 11 is 14.6. The number of carbonyl (C=O) groups excluding carboxylic acids is 1. The third-order valence-electron chi connectivity index (χ3n) is 2.71. The maximum absolute atomic E-state index is 13.0. The second-order valence-corrected chi connectivity index (χ2v) is 5.90. The summed E-state index contributed by atoms with van der Waals surface area (Å²) in [6, 6.07) is 7.34.